The van der Waals surface area contributed by atoms with Gasteiger partial charge in [0.1, 0.15) is 11.3 Å². The number of rotatable bonds is 3. The van der Waals surface area contributed by atoms with Crippen molar-refractivity contribution in [3.63, 3.8) is 0 Å². The number of benzene rings is 1. The molecule has 0 unspecified atom stereocenters. The molecule has 1 aliphatic heterocycles. The second kappa shape index (κ2) is 6.71. The van der Waals surface area contributed by atoms with Gasteiger partial charge in [-0.25, -0.2) is 9.97 Å². The molecule has 0 amide bonds. The van der Waals surface area contributed by atoms with Crippen molar-refractivity contribution >= 4 is 22.8 Å². The Balaban J connectivity index is 0.00000169. The van der Waals surface area contributed by atoms with Gasteiger partial charge in [0.25, 0.3) is 0 Å². The van der Waals surface area contributed by atoms with Gasteiger partial charge in [0.15, 0.2) is 5.65 Å². The van der Waals surface area contributed by atoms with Crippen LogP contribution in [-0.4, -0.2) is 58.7 Å². The summed E-state index contributed by atoms with van der Waals surface area (Å²) in [5.74, 6) is 1.65. The Bertz CT molecular complexity index is 813. The van der Waals surface area contributed by atoms with E-state index in [4.69, 9.17) is 4.74 Å². The summed E-state index contributed by atoms with van der Waals surface area (Å²) < 4.78 is 5.46. The molecule has 1 fully saturated rings. The first-order valence-electron chi connectivity index (χ1n) is 7.64. The molecule has 0 aliphatic carbocycles. The first kappa shape index (κ1) is 16.0. The smallest absolute Gasteiger partial charge is 0.227 e. The predicted octanol–water partition coefficient (Wildman–Crippen LogP) is 0.863. The highest BCUT2D eigenvalue weighted by atomic mass is 16.5. The van der Waals surface area contributed by atoms with Crippen molar-refractivity contribution in [3.05, 3.63) is 36.8 Å². The maximum absolute atomic E-state index is 5.46. The minimum atomic E-state index is 0. The molecule has 2 aromatic heterocycles. The quantitative estimate of drug-likeness (QED) is 0.765. The molecule has 8 heteroatoms. The molecule has 0 saturated carbocycles. The standard InChI is InChI=1S/C16H18N6O.H2O/c1-23-14-5-3-2-4-13(14)21-6-8-22(9-7-21)16-17-10-12-15(20-16)19-11-18-12;/h2-5,10-11H,6-9H2,1H3,(H,17,18,19,20);1H2. The lowest BCUT2D eigenvalue weighted by Gasteiger charge is -2.36. The molecular weight excluding hydrogens is 308 g/mol. The van der Waals surface area contributed by atoms with Crippen LogP contribution in [0.1, 0.15) is 0 Å². The minimum absolute atomic E-state index is 0. The van der Waals surface area contributed by atoms with Crippen LogP contribution in [0.5, 0.6) is 5.75 Å². The molecule has 0 spiro atoms. The molecule has 3 N–H and O–H groups in total. The van der Waals surface area contributed by atoms with Crippen LogP contribution in [0.15, 0.2) is 36.8 Å². The summed E-state index contributed by atoms with van der Waals surface area (Å²) in [6.45, 7) is 3.55. The second-order valence-electron chi connectivity index (χ2n) is 5.46. The number of hydrogen-bond donors (Lipinski definition) is 1. The maximum atomic E-state index is 5.46. The number of imidazole rings is 1. The molecule has 0 bridgehead atoms. The molecule has 8 nitrogen and oxygen atoms in total. The van der Waals surface area contributed by atoms with Crippen molar-refractivity contribution in [1.82, 2.24) is 19.9 Å². The van der Waals surface area contributed by atoms with Gasteiger partial charge in [-0.05, 0) is 12.1 Å². The summed E-state index contributed by atoms with van der Waals surface area (Å²) in [6, 6.07) is 8.13. The van der Waals surface area contributed by atoms with Crippen molar-refractivity contribution < 1.29 is 10.2 Å². The van der Waals surface area contributed by atoms with Gasteiger partial charge >= 0.3 is 0 Å². The largest absolute Gasteiger partial charge is 0.495 e. The molecule has 1 aliphatic rings. The molecule has 24 heavy (non-hydrogen) atoms. The zero-order chi connectivity index (χ0) is 15.6. The first-order chi connectivity index (χ1) is 11.3. The fraction of sp³-hybridized carbons (Fsp3) is 0.312. The lowest BCUT2D eigenvalue weighted by Crippen LogP contribution is -2.47. The van der Waals surface area contributed by atoms with E-state index < -0.39 is 0 Å². The van der Waals surface area contributed by atoms with Crippen molar-refractivity contribution in [2.45, 2.75) is 0 Å². The van der Waals surface area contributed by atoms with E-state index in [2.05, 4.69) is 35.8 Å². The number of H-pyrrole nitrogens is 1. The van der Waals surface area contributed by atoms with E-state index in [-0.39, 0.29) is 5.48 Å². The average molecular weight is 328 g/mol. The Morgan fingerprint density at radius 1 is 1.04 bits per heavy atom. The molecule has 3 heterocycles. The van der Waals surface area contributed by atoms with E-state index in [0.717, 1.165) is 49.1 Å². The van der Waals surface area contributed by atoms with Crippen LogP contribution in [-0.2, 0) is 0 Å². The van der Waals surface area contributed by atoms with Gasteiger partial charge in [-0.2, -0.15) is 4.98 Å². The number of nitrogens with one attached hydrogen (secondary N) is 1. The number of nitrogens with zero attached hydrogens (tertiary/aromatic N) is 5. The lowest BCUT2D eigenvalue weighted by molar-refractivity contribution is 0.413. The summed E-state index contributed by atoms with van der Waals surface area (Å²) in [4.78, 5) is 20.7. The van der Waals surface area contributed by atoms with E-state index >= 15 is 0 Å². The van der Waals surface area contributed by atoms with Crippen molar-refractivity contribution in [3.8, 4) is 5.75 Å². The Morgan fingerprint density at radius 2 is 1.79 bits per heavy atom. The van der Waals surface area contributed by atoms with Gasteiger partial charge in [-0.3, -0.25) is 0 Å². The maximum Gasteiger partial charge on any atom is 0.227 e. The van der Waals surface area contributed by atoms with Crippen LogP contribution >= 0.6 is 0 Å². The second-order valence-corrected chi connectivity index (χ2v) is 5.46. The summed E-state index contributed by atoms with van der Waals surface area (Å²) in [6.07, 6.45) is 3.43. The van der Waals surface area contributed by atoms with E-state index in [9.17, 15) is 0 Å². The minimum Gasteiger partial charge on any atom is -0.495 e. The van der Waals surface area contributed by atoms with Crippen LogP contribution in [0.3, 0.4) is 0 Å². The zero-order valence-electron chi connectivity index (χ0n) is 13.4. The molecule has 0 radical (unpaired) electrons. The van der Waals surface area contributed by atoms with Crippen molar-refractivity contribution in [2.24, 2.45) is 0 Å². The number of hydrogen-bond acceptors (Lipinski definition) is 6. The summed E-state index contributed by atoms with van der Waals surface area (Å²) >= 11 is 0. The van der Waals surface area contributed by atoms with E-state index in [1.165, 1.54) is 0 Å². The monoisotopic (exact) mass is 328 g/mol. The van der Waals surface area contributed by atoms with Crippen molar-refractivity contribution in [1.29, 1.82) is 0 Å². The van der Waals surface area contributed by atoms with Crippen LogP contribution in [0.4, 0.5) is 11.6 Å². The highest BCUT2D eigenvalue weighted by Crippen LogP contribution is 2.28. The summed E-state index contributed by atoms with van der Waals surface area (Å²) in [7, 11) is 1.71. The van der Waals surface area contributed by atoms with Gasteiger partial charge in [0.2, 0.25) is 5.95 Å². The van der Waals surface area contributed by atoms with Crippen molar-refractivity contribution in [2.75, 3.05) is 43.1 Å². The molecule has 126 valence electrons. The first-order valence-corrected chi connectivity index (χ1v) is 7.64. The van der Waals surface area contributed by atoms with Crippen LogP contribution in [0, 0.1) is 0 Å². The van der Waals surface area contributed by atoms with Gasteiger partial charge in [-0.15, -0.1) is 0 Å². The molecule has 1 aromatic carbocycles. The molecular formula is C16H20N6O2. The number of ether oxygens (including phenoxy) is 1. The predicted molar refractivity (Wildman–Crippen MR) is 92.7 cm³/mol. The van der Waals surface area contributed by atoms with Crippen LogP contribution in [0.2, 0.25) is 0 Å². The van der Waals surface area contributed by atoms with E-state index in [1.54, 1.807) is 19.6 Å². The molecule has 4 rings (SSSR count). The normalized spacial score (nSPS) is 14.5. The fourth-order valence-electron chi connectivity index (χ4n) is 2.92. The van der Waals surface area contributed by atoms with Gasteiger partial charge in [0.05, 0.1) is 25.3 Å². The Morgan fingerprint density at radius 3 is 2.58 bits per heavy atom. The molecule has 0 atom stereocenters. The third kappa shape index (κ3) is 2.83. The Kier molecular flexibility index (Phi) is 4.48. The van der Waals surface area contributed by atoms with E-state index in [1.807, 2.05) is 18.2 Å². The highest BCUT2D eigenvalue weighted by Gasteiger charge is 2.21. The van der Waals surface area contributed by atoms with Gasteiger partial charge in [-0.1, -0.05) is 12.1 Å². The molecule has 3 aromatic rings. The SMILES string of the molecule is COc1ccccc1N1CCN(c2ncc3[nH]cnc3n2)CC1.O. The Hall–Kier alpha value is -2.87. The summed E-state index contributed by atoms with van der Waals surface area (Å²) in [5.41, 5.74) is 2.71. The lowest BCUT2D eigenvalue weighted by atomic mass is 10.2. The number of methoxy groups -OCH3 is 1. The third-order valence-electron chi connectivity index (χ3n) is 4.15. The number of para-hydroxylation sites is 2. The van der Waals surface area contributed by atoms with Crippen LogP contribution in [0.25, 0.3) is 11.2 Å². The Labute approximate surface area is 139 Å². The van der Waals surface area contributed by atoms with Gasteiger partial charge < -0.3 is 25.0 Å². The molecule has 1 saturated heterocycles. The number of aromatic nitrogens is 4. The zero-order valence-corrected chi connectivity index (χ0v) is 13.4. The topological polar surface area (TPSA) is 102 Å². The third-order valence-corrected chi connectivity index (χ3v) is 4.15. The van der Waals surface area contributed by atoms with E-state index in [0.29, 0.717) is 5.65 Å². The number of piperazine rings is 1. The van der Waals surface area contributed by atoms with Crippen LogP contribution < -0.4 is 14.5 Å². The number of aromatic amines is 1. The average Bonchev–Trinajstić information content (AvgIpc) is 3.09. The highest BCUT2D eigenvalue weighted by molar-refractivity contribution is 5.70. The number of fused-ring (bicyclic) bond motifs is 1. The fourth-order valence-corrected chi connectivity index (χ4v) is 2.92. The number of anilines is 2. The summed E-state index contributed by atoms with van der Waals surface area (Å²) in [5, 5.41) is 0. The van der Waals surface area contributed by atoms with Gasteiger partial charge in [0, 0.05) is 26.2 Å².